The van der Waals surface area contributed by atoms with Crippen LogP contribution in [0.2, 0.25) is 0 Å². The molecule has 3 aromatic heterocycles. The van der Waals surface area contributed by atoms with Crippen molar-refractivity contribution in [2.45, 2.75) is 0 Å². The molecule has 8 nitrogen and oxygen atoms in total. The van der Waals surface area contributed by atoms with E-state index in [-0.39, 0.29) is 11.4 Å². The molecular formula is C14H13FN6O2. The van der Waals surface area contributed by atoms with Gasteiger partial charge in [0.1, 0.15) is 11.6 Å². The van der Waals surface area contributed by atoms with E-state index in [2.05, 4.69) is 20.4 Å². The number of carbonyl (C=O) groups excluding carboxylic acids is 1. The molecule has 0 saturated heterocycles. The molecule has 0 aliphatic carbocycles. The van der Waals surface area contributed by atoms with Crippen LogP contribution >= 0.6 is 0 Å². The van der Waals surface area contributed by atoms with Crippen molar-refractivity contribution >= 4 is 28.4 Å². The number of nitrogens with two attached hydrogens (primary N) is 1. The van der Waals surface area contributed by atoms with Gasteiger partial charge < -0.3 is 15.8 Å². The highest BCUT2D eigenvalue weighted by Crippen LogP contribution is 2.27. The van der Waals surface area contributed by atoms with Crippen LogP contribution in [0.3, 0.4) is 0 Å². The van der Waals surface area contributed by atoms with Crippen molar-refractivity contribution in [2.24, 2.45) is 12.8 Å². The van der Waals surface area contributed by atoms with E-state index in [0.29, 0.717) is 22.6 Å². The molecule has 3 N–H and O–H groups in total. The van der Waals surface area contributed by atoms with Gasteiger partial charge in [-0.3, -0.25) is 4.79 Å². The fraction of sp³-hybridized carbons (Fsp3) is 0.143. The summed E-state index contributed by atoms with van der Waals surface area (Å²) < 4.78 is 20.0. The summed E-state index contributed by atoms with van der Waals surface area (Å²) in [4.78, 5) is 19.5. The predicted molar refractivity (Wildman–Crippen MR) is 81.1 cm³/mol. The molecule has 3 rings (SSSR count). The van der Waals surface area contributed by atoms with Gasteiger partial charge in [-0.2, -0.15) is 0 Å². The van der Waals surface area contributed by atoms with Crippen LogP contribution in [0.25, 0.3) is 11.0 Å². The molecule has 0 radical (unpaired) electrons. The second-order valence-corrected chi connectivity index (χ2v) is 4.77. The van der Waals surface area contributed by atoms with E-state index in [1.807, 2.05) is 0 Å². The van der Waals surface area contributed by atoms with Gasteiger partial charge in [-0.1, -0.05) is 0 Å². The Labute approximate surface area is 130 Å². The summed E-state index contributed by atoms with van der Waals surface area (Å²) in [6.45, 7) is 0. The number of nitrogens with one attached hydrogen (secondary N) is 1. The fourth-order valence-corrected chi connectivity index (χ4v) is 2.19. The van der Waals surface area contributed by atoms with Crippen molar-refractivity contribution in [1.29, 1.82) is 0 Å². The van der Waals surface area contributed by atoms with E-state index in [9.17, 15) is 9.18 Å². The Morgan fingerprint density at radius 1 is 1.35 bits per heavy atom. The number of amides is 1. The van der Waals surface area contributed by atoms with Crippen molar-refractivity contribution in [2.75, 3.05) is 12.4 Å². The quantitative estimate of drug-likeness (QED) is 0.752. The number of anilines is 2. The van der Waals surface area contributed by atoms with Gasteiger partial charge in [0, 0.05) is 7.05 Å². The minimum atomic E-state index is -0.785. The number of pyridine rings is 2. The Kier molecular flexibility index (Phi) is 3.53. The topological polar surface area (TPSA) is 108 Å². The molecule has 0 bridgehead atoms. The zero-order valence-electron chi connectivity index (χ0n) is 12.4. The average molecular weight is 316 g/mol. The minimum Gasteiger partial charge on any atom is -0.479 e. The number of nitrogens with zero attached hydrogens (tertiary/aromatic N) is 4. The molecule has 0 aliphatic rings. The second-order valence-electron chi connectivity index (χ2n) is 4.77. The molecule has 0 unspecified atom stereocenters. The van der Waals surface area contributed by atoms with Gasteiger partial charge in [-0.15, -0.1) is 5.10 Å². The van der Waals surface area contributed by atoms with Crippen molar-refractivity contribution in [1.82, 2.24) is 19.7 Å². The van der Waals surface area contributed by atoms with Crippen molar-refractivity contribution in [3.63, 3.8) is 0 Å². The first-order valence-corrected chi connectivity index (χ1v) is 6.58. The number of methoxy groups -OCH3 is 1. The maximum Gasteiger partial charge on any atom is 0.252 e. The fourth-order valence-electron chi connectivity index (χ4n) is 2.19. The lowest BCUT2D eigenvalue weighted by atomic mass is 10.2. The molecule has 23 heavy (non-hydrogen) atoms. The third-order valence-corrected chi connectivity index (χ3v) is 3.22. The van der Waals surface area contributed by atoms with E-state index >= 15 is 0 Å². The van der Waals surface area contributed by atoms with Crippen LogP contribution in [0.15, 0.2) is 24.5 Å². The minimum absolute atomic E-state index is 0.0525. The Bertz CT molecular complexity index is 908. The van der Waals surface area contributed by atoms with E-state index in [1.165, 1.54) is 7.11 Å². The first-order chi connectivity index (χ1) is 11.0. The van der Waals surface area contributed by atoms with E-state index in [4.69, 9.17) is 10.5 Å². The van der Waals surface area contributed by atoms with Crippen LogP contribution in [0, 0.1) is 5.82 Å². The van der Waals surface area contributed by atoms with Crippen LogP contribution in [0.1, 0.15) is 10.4 Å². The summed E-state index contributed by atoms with van der Waals surface area (Å²) in [5.74, 6) is -0.872. The zero-order chi connectivity index (χ0) is 16.6. The molecule has 1 amide bonds. The summed E-state index contributed by atoms with van der Waals surface area (Å²) in [5, 5.41) is 7.76. The molecule has 118 valence electrons. The maximum atomic E-state index is 13.2. The third kappa shape index (κ3) is 2.63. The Morgan fingerprint density at radius 3 is 2.83 bits per heavy atom. The maximum absolute atomic E-state index is 13.2. The molecule has 3 heterocycles. The second kappa shape index (κ2) is 5.52. The third-order valence-electron chi connectivity index (χ3n) is 3.22. The monoisotopic (exact) mass is 316 g/mol. The summed E-state index contributed by atoms with van der Waals surface area (Å²) >= 11 is 0. The highest BCUT2D eigenvalue weighted by molar-refractivity contribution is 5.98. The number of halogens is 1. The molecule has 9 heteroatoms. The summed E-state index contributed by atoms with van der Waals surface area (Å²) in [7, 11) is 3.26. The highest BCUT2D eigenvalue weighted by Gasteiger charge is 2.14. The summed E-state index contributed by atoms with van der Waals surface area (Å²) in [5.41, 5.74) is 6.36. The first-order valence-electron chi connectivity index (χ1n) is 6.58. The number of carbonyl (C=O) groups is 1. The van der Waals surface area contributed by atoms with Crippen molar-refractivity contribution < 1.29 is 13.9 Å². The lowest BCUT2D eigenvalue weighted by Gasteiger charge is -2.09. The lowest BCUT2D eigenvalue weighted by molar-refractivity contribution is 0.100. The number of rotatable bonds is 4. The smallest absolute Gasteiger partial charge is 0.252 e. The van der Waals surface area contributed by atoms with E-state index in [0.717, 1.165) is 12.3 Å². The average Bonchev–Trinajstić information content (AvgIpc) is 2.85. The molecule has 0 atom stereocenters. The summed E-state index contributed by atoms with van der Waals surface area (Å²) in [6, 6.07) is 2.76. The largest absolute Gasteiger partial charge is 0.479 e. The molecular weight excluding hydrogens is 303 g/mol. The molecule has 0 aliphatic heterocycles. The van der Waals surface area contributed by atoms with Gasteiger partial charge >= 0.3 is 0 Å². The normalized spacial score (nSPS) is 10.7. The number of hydrogen-bond acceptors (Lipinski definition) is 6. The van der Waals surface area contributed by atoms with Crippen LogP contribution in [0.4, 0.5) is 15.9 Å². The molecule has 0 saturated carbocycles. The van der Waals surface area contributed by atoms with Gasteiger partial charge in [-0.25, -0.2) is 19.0 Å². The summed E-state index contributed by atoms with van der Waals surface area (Å²) in [6.07, 6.45) is 2.53. The Hall–Kier alpha value is -3.23. The molecule has 3 aromatic rings. The van der Waals surface area contributed by atoms with Crippen LogP contribution < -0.4 is 15.8 Å². The van der Waals surface area contributed by atoms with Gasteiger partial charge in [0.05, 0.1) is 36.1 Å². The van der Waals surface area contributed by atoms with Crippen molar-refractivity contribution in [3.05, 3.63) is 35.9 Å². The number of aryl methyl sites for hydroxylation is 1. The highest BCUT2D eigenvalue weighted by atomic mass is 19.1. The number of primary amides is 1. The van der Waals surface area contributed by atoms with E-state index in [1.54, 1.807) is 24.0 Å². The van der Waals surface area contributed by atoms with Crippen LogP contribution in [-0.4, -0.2) is 32.8 Å². The standard InChI is InChI=1S/C14H13FN6O2/c1-21-13-10(14(20-21)23-2)4-8(6-18-13)19-12-9(11(16)22)3-7(15)5-17-12/h3-6H,1-2H3,(H2,16,22)(H,17,19). The van der Waals surface area contributed by atoms with E-state index < -0.39 is 11.7 Å². The van der Waals surface area contributed by atoms with Crippen molar-refractivity contribution in [3.8, 4) is 5.88 Å². The molecule has 0 fully saturated rings. The number of hydrogen-bond donors (Lipinski definition) is 2. The number of aromatic nitrogens is 4. The first kappa shape index (κ1) is 14.7. The molecule has 0 aromatic carbocycles. The Morgan fingerprint density at radius 2 is 2.13 bits per heavy atom. The molecule has 0 spiro atoms. The van der Waals surface area contributed by atoms with Gasteiger partial charge in [-0.05, 0) is 12.1 Å². The van der Waals surface area contributed by atoms with Gasteiger partial charge in [0.15, 0.2) is 5.65 Å². The van der Waals surface area contributed by atoms with Gasteiger partial charge in [0.2, 0.25) is 5.88 Å². The lowest BCUT2D eigenvalue weighted by Crippen LogP contribution is -2.14. The predicted octanol–water partition coefficient (Wildman–Crippen LogP) is 1.35. The Balaban J connectivity index is 2.04. The van der Waals surface area contributed by atoms with Crippen LogP contribution in [-0.2, 0) is 7.05 Å². The van der Waals surface area contributed by atoms with Crippen LogP contribution in [0.5, 0.6) is 5.88 Å². The zero-order valence-corrected chi connectivity index (χ0v) is 12.4. The van der Waals surface area contributed by atoms with Gasteiger partial charge in [0.25, 0.3) is 5.91 Å². The number of ether oxygens (including phenoxy) is 1. The SMILES string of the molecule is COc1nn(C)c2ncc(Nc3ncc(F)cc3C(N)=O)cc12. The number of fused-ring (bicyclic) bond motifs is 1.